The zero-order valence-corrected chi connectivity index (χ0v) is 16.7. The molecule has 9 heteroatoms. The van der Waals surface area contributed by atoms with Gasteiger partial charge >= 0.3 is 0 Å². The summed E-state index contributed by atoms with van der Waals surface area (Å²) in [4.78, 5) is 25.4. The van der Waals surface area contributed by atoms with Crippen LogP contribution in [-0.4, -0.2) is 73.7 Å². The standard InChI is InChI=1S/C21H24O9/c1-7-12(23)6-10-4-9-5-11(21(30-3)20(29)16(25)8(2)22)17(26)19(28)14(9)18(27)13(10)15(7)24/h4,6,8,11,16-17,21-27H,5H2,1-3H3/t8-,11-,16-,17-,21+/m1/s1. The van der Waals surface area contributed by atoms with E-state index in [0.717, 1.165) is 0 Å². The van der Waals surface area contributed by atoms with Gasteiger partial charge in [-0.3, -0.25) is 9.59 Å². The quantitative estimate of drug-likeness (QED) is 0.399. The first kappa shape index (κ1) is 22.0. The Morgan fingerprint density at radius 2 is 1.80 bits per heavy atom. The number of phenolic OH excluding ortho intramolecular Hbond substituents is 3. The highest BCUT2D eigenvalue weighted by Crippen LogP contribution is 2.45. The Kier molecular flexibility index (Phi) is 5.74. The van der Waals surface area contributed by atoms with Crippen molar-refractivity contribution >= 4 is 22.3 Å². The maximum absolute atomic E-state index is 12.9. The van der Waals surface area contributed by atoms with Gasteiger partial charge in [-0.25, -0.2) is 0 Å². The molecule has 0 fully saturated rings. The number of Topliss-reactive ketones (excluding diaryl/α,β-unsaturated/α-hetero) is 2. The van der Waals surface area contributed by atoms with Gasteiger partial charge in [0, 0.05) is 18.6 Å². The van der Waals surface area contributed by atoms with E-state index in [1.54, 1.807) is 0 Å². The van der Waals surface area contributed by atoms with E-state index >= 15 is 0 Å². The molecule has 0 saturated heterocycles. The SMILES string of the molecule is CO[C@H](C(=O)[C@H](O)[C@@H](C)O)[C@@H]1Cc2cc3cc(O)c(C)c(O)c3c(O)c2C(=O)[C@@H]1O. The Hall–Kier alpha value is -2.72. The Bertz CT molecular complexity index is 1030. The van der Waals surface area contributed by atoms with E-state index in [9.17, 15) is 40.2 Å². The molecule has 3 rings (SSSR count). The molecule has 0 unspecified atom stereocenters. The fraction of sp³-hybridized carbons (Fsp3) is 0.429. The van der Waals surface area contributed by atoms with Crippen LogP contribution in [0.4, 0.5) is 0 Å². The maximum Gasteiger partial charge on any atom is 0.195 e. The first-order valence-electron chi connectivity index (χ1n) is 9.36. The summed E-state index contributed by atoms with van der Waals surface area (Å²) >= 11 is 0. The molecular formula is C21H24O9. The topological polar surface area (TPSA) is 165 Å². The number of rotatable bonds is 5. The molecule has 0 radical (unpaired) electrons. The molecule has 9 nitrogen and oxygen atoms in total. The second-order valence-electron chi connectivity index (χ2n) is 7.65. The number of hydrogen-bond donors (Lipinski definition) is 6. The van der Waals surface area contributed by atoms with E-state index in [-0.39, 0.29) is 45.4 Å². The van der Waals surface area contributed by atoms with Crippen LogP contribution in [0.25, 0.3) is 10.8 Å². The van der Waals surface area contributed by atoms with Crippen molar-refractivity contribution in [3.05, 3.63) is 28.8 Å². The van der Waals surface area contributed by atoms with Crippen LogP contribution in [0, 0.1) is 12.8 Å². The summed E-state index contributed by atoms with van der Waals surface area (Å²) in [5, 5.41) is 61.2. The van der Waals surface area contributed by atoms with Crippen LogP contribution in [0.1, 0.15) is 28.4 Å². The van der Waals surface area contributed by atoms with Crippen molar-refractivity contribution in [2.75, 3.05) is 7.11 Å². The van der Waals surface area contributed by atoms with E-state index < -0.39 is 47.6 Å². The van der Waals surface area contributed by atoms with Gasteiger partial charge in [-0.05, 0) is 43.4 Å². The summed E-state index contributed by atoms with van der Waals surface area (Å²) in [7, 11) is 1.18. The molecule has 0 spiro atoms. The summed E-state index contributed by atoms with van der Waals surface area (Å²) in [5.74, 6) is -3.96. The van der Waals surface area contributed by atoms with Gasteiger partial charge in [-0.15, -0.1) is 0 Å². The Balaban J connectivity index is 2.14. The van der Waals surface area contributed by atoms with Crippen molar-refractivity contribution in [3.63, 3.8) is 0 Å². The van der Waals surface area contributed by atoms with E-state index in [4.69, 9.17) is 4.74 Å². The number of hydrogen-bond acceptors (Lipinski definition) is 9. The smallest absolute Gasteiger partial charge is 0.195 e. The largest absolute Gasteiger partial charge is 0.508 e. The lowest BCUT2D eigenvalue weighted by Crippen LogP contribution is -2.50. The van der Waals surface area contributed by atoms with E-state index in [1.165, 1.54) is 33.1 Å². The minimum atomic E-state index is -1.76. The van der Waals surface area contributed by atoms with Gasteiger partial charge in [0.15, 0.2) is 11.6 Å². The van der Waals surface area contributed by atoms with Crippen molar-refractivity contribution in [1.29, 1.82) is 0 Å². The van der Waals surface area contributed by atoms with Crippen LogP contribution < -0.4 is 0 Å². The van der Waals surface area contributed by atoms with E-state index in [0.29, 0.717) is 0 Å². The van der Waals surface area contributed by atoms with Gasteiger partial charge in [-0.1, -0.05) is 0 Å². The molecule has 30 heavy (non-hydrogen) atoms. The average molecular weight is 420 g/mol. The van der Waals surface area contributed by atoms with Crippen LogP contribution in [0.5, 0.6) is 17.2 Å². The first-order valence-corrected chi connectivity index (χ1v) is 9.36. The van der Waals surface area contributed by atoms with Crippen molar-refractivity contribution in [1.82, 2.24) is 0 Å². The number of fused-ring (bicyclic) bond motifs is 2. The number of carbonyl (C=O) groups excluding carboxylic acids is 2. The number of benzene rings is 2. The summed E-state index contributed by atoms with van der Waals surface area (Å²) in [5.41, 5.74) is 0.214. The number of carbonyl (C=O) groups is 2. The van der Waals surface area contributed by atoms with Crippen LogP contribution >= 0.6 is 0 Å². The number of methoxy groups -OCH3 is 1. The van der Waals surface area contributed by atoms with Crippen molar-refractivity contribution in [3.8, 4) is 17.2 Å². The molecular weight excluding hydrogens is 396 g/mol. The molecule has 0 amide bonds. The Morgan fingerprint density at radius 1 is 1.17 bits per heavy atom. The number of aromatic hydroxyl groups is 3. The monoisotopic (exact) mass is 420 g/mol. The molecule has 0 aliphatic heterocycles. The van der Waals surface area contributed by atoms with Gasteiger partial charge in [0.2, 0.25) is 0 Å². The first-order chi connectivity index (χ1) is 14.0. The molecule has 0 heterocycles. The molecule has 6 N–H and O–H groups in total. The Labute approximate surface area is 171 Å². The fourth-order valence-electron chi connectivity index (χ4n) is 4.00. The molecule has 1 aliphatic rings. The second kappa shape index (κ2) is 7.84. The lowest BCUT2D eigenvalue weighted by molar-refractivity contribution is -0.148. The molecule has 2 aromatic carbocycles. The summed E-state index contributed by atoms with van der Waals surface area (Å²) in [6.45, 7) is 2.66. The van der Waals surface area contributed by atoms with Crippen molar-refractivity contribution in [2.24, 2.45) is 5.92 Å². The van der Waals surface area contributed by atoms with E-state index in [2.05, 4.69) is 0 Å². The maximum atomic E-state index is 12.9. The van der Waals surface area contributed by atoms with Gasteiger partial charge in [-0.2, -0.15) is 0 Å². The molecule has 5 atom stereocenters. The van der Waals surface area contributed by atoms with Crippen LogP contribution in [0.15, 0.2) is 12.1 Å². The lowest BCUT2D eigenvalue weighted by atomic mass is 9.75. The minimum Gasteiger partial charge on any atom is -0.508 e. The lowest BCUT2D eigenvalue weighted by Gasteiger charge is -2.34. The predicted molar refractivity (Wildman–Crippen MR) is 105 cm³/mol. The zero-order chi connectivity index (χ0) is 22.5. The highest BCUT2D eigenvalue weighted by Gasteiger charge is 2.45. The third-order valence-electron chi connectivity index (χ3n) is 5.73. The van der Waals surface area contributed by atoms with E-state index in [1.807, 2.05) is 0 Å². The van der Waals surface area contributed by atoms with Crippen molar-refractivity contribution < 1.29 is 45.0 Å². The van der Waals surface area contributed by atoms with Gasteiger partial charge < -0.3 is 35.4 Å². The minimum absolute atomic E-state index is 0.0352. The van der Waals surface area contributed by atoms with Crippen molar-refractivity contribution in [2.45, 2.75) is 44.7 Å². The highest BCUT2D eigenvalue weighted by atomic mass is 16.5. The third kappa shape index (κ3) is 3.29. The summed E-state index contributed by atoms with van der Waals surface area (Å²) in [6.07, 6.45) is -6.32. The third-order valence-corrected chi connectivity index (χ3v) is 5.73. The van der Waals surface area contributed by atoms with Gasteiger partial charge in [0.1, 0.15) is 35.6 Å². The average Bonchev–Trinajstić information content (AvgIpc) is 2.69. The molecule has 0 saturated carbocycles. The number of aliphatic hydroxyl groups excluding tert-OH is 3. The van der Waals surface area contributed by atoms with Crippen LogP contribution in [0.3, 0.4) is 0 Å². The zero-order valence-electron chi connectivity index (χ0n) is 16.7. The summed E-state index contributed by atoms with van der Waals surface area (Å²) in [6, 6.07) is 2.80. The molecule has 1 aliphatic carbocycles. The molecule has 2 aromatic rings. The number of phenols is 3. The fourth-order valence-corrected chi connectivity index (χ4v) is 4.00. The molecule has 162 valence electrons. The highest BCUT2D eigenvalue weighted by molar-refractivity contribution is 6.11. The normalized spacial score (nSPS) is 21.9. The van der Waals surface area contributed by atoms with Gasteiger partial charge in [0.05, 0.1) is 17.1 Å². The van der Waals surface area contributed by atoms with Crippen LogP contribution in [0.2, 0.25) is 0 Å². The number of ketones is 2. The summed E-state index contributed by atoms with van der Waals surface area (Å²) < 4.78 is 5.15. The van der Waals surface area contributed by atoms with Crippen LogP contribution in [-0.2, 0) is 16.0 Å². The van der Waals surface area contributed by atoms with Gasteiger partial charge in [0.25, 0.3) is 0 Å². The number of ether oxygens (including phenoxy) is 1. The molecule has 0 aromatic heterocycles. The molecule has 0 bridgehead atoms. The predicted octanol–water partition coefficient (Wildman–Crippen LogP) is 0.307. The Morgan fingerprint density at radius 3 is 2.37 bits per heavy atom. The second-order valence-corrected chi connectivity index (χ2v) is 7.65. The number of aliphatic hydroxyl groups is 3.